The van der Waals surface area contributed by atoms with E-state index in [4.69, 9.17) is 4.74 Å². The molecule has 0 radical (unpaired) electrons. The van der Waals surface area contributed by atoms with Crippen LogP contribution in [0.3, 0.4) is 0 Å². The number of hydrogen-bond donors (Lipinski definition) is 1. The van der Waals surface area contributed by atoms with E-state index in [1.807, 2.05) is 16.0 Å². The van der Waals surface area contributed by atoms with Crippen LogP contribution in [0.2, 0.25) is 0 Å². The van der Waals surface area contributed by atoms with Crippen molar-refractivity contribution in [3.05, 3.63) is 53.3 Å². The van der Waals surface area contributed by atoms with Crippen LogP contribution in [0.25, 0.3) is 4.96 Å². The van der Waals surface area contributed by atoms with Crippen molar-refractivity contribution in [2.75, 3.05) is 19.0 Å². The number of nitrogens with one attached hydrogen (secondary N) is 1. The van der Waals surface area contributed by atoms with E-state index >= 15 is 0 Å². The number of esters is 2. The molecule has 1 aromatic carbocycles. The number of hydrogen-bond acceptors (Lipinski definition) is 7. The molecule has 0 fully saturated rings. The molecule has 0 spiro atoms. The summed E-state index contributed by atoms with van der Waals surface area (Å²) in [5.41, 5.74) is 1.07. The first-order valence-electron chi connectivity index (χ1n) is 7.60. The molecule has 0 saturated carbocycles. The van der Waals surface area contributed by atoms with Crippen molar-refractivity contribution < 1.29 is 23.9 Å². The van der Waals surface area contributed by atoms with Gasteiger partial charge < -0.3 is 14.8 Å². The molecule has 3 aromatic rings. The number of fused-ring (bicyclic) bond motifs is 1. The van der Waals surface area contributed by atoms with Crippen LogP contribution in [0.15, 0.2) is 42.0 Å². The second-order valence-corrected chi connectivity index (χ2v) is 6.12. The standard InChI is InChI=1S/C17H15N3O5S/c1-24-16(23)12-4-2-3-5-13(12)19-14(21)10-25-15(22)8-11-9-20-6-7-26-17(20)18-11/h2-7,9H,8,10H2,1H3,(H,19,21). The van der Waals surface area contributed by atoms with E-state index in [9.17, 15) is 14.4 Å². The monoisotopic (exact) mass is 373 g/mol. The minimum atomic E-state index is -0.572. The SMILES string of the molecule is COC(=O)c1ccccc1NC(=O)COC(=O)Cc1cn2ccsc2n1. The largest absolute Gasteiger partial charge is 0.465 e. The molecule has 3 rings (SSSR count). The molecule has 0 atom stereocenters. The lowest BCUT2D eigenvalue weighted by Crippen LogP contribution is -2.23. The van der Waals surface area contributed by atoms with Gasteiger partial charge in [0.15, 0.2) is 11.6 Å². The lowest BCUT2D eigenvalue weighted by atomic mass is 10.2. The number of amides is 1. The highest BCUT2D eigenvalue weighted by atomic mass is 32.1. The first-order valence-corrected chi connectivity index (χ1v) is 8.48. The van der Waals surface area contributed by atoms with E-state index < -0.39 is 24.5 Å². The fourth-order valence-electron chi connectivity index (χ4n) is 2.27. The molecule has 1 N–H and O–H groups in total. The van der Waals surface area contributed by atoms with Gasteiger partial charge in [-0.15, -0.1) is 11.3 Å². The number of benzene rings is 1. The number of para-hydroxylation sites is 1. The molecular formula is C17H15N3O5S. The molecule has 0 saturated heterocycles. The quantitative estimate of drug-likeness (QED) is 0.663. The molecule has 2 aromatic heterocycles. The third-order valence-corrected chi connectivity index (χ3v) is 4.21. The average molecular weight is 373 g/mol. The third-order valence-electron chi connectivity index (χ3n) is 3.44. The predicted octanol–water partition coefficient (Wildman–Crippen LogP) is 1.91. The zero-order valence-electron chi connectivity index (χ0n) is 13.8. The van der Waals surface area contributed by atoms with Gasteiger partial charge in [0.05, 0.1) is 30.5 Å². The summed E-state index contributed by atoms with van der Waals surface area (Å²) in [6, 6.07) is 6.40. The summed E-state index contributed by atoms with van der Waals surface area (Å²) in [4.78, 5) is 40.6. The lowest BCUT2D eigenvalue weighted by Gasteiger charge is -2.09. The van der Waals surface area contributed by atoms with E-state index in [-0.39, 0.29) is 17.7 Å². The van der Waals surface area contributed by atoms with Crippen molar-refractivity contribution in [1.29, 1.82) is 0 Å². The predicted molar refractivity (Wildman–Crippen MR) is 94.1 cm³/mol. The van der Waals surface area contributed by atoms with Crippen molar-refractivity contribution in [1.82, 2.24) is 9.38 Å². The summed E-state index contributed by atoms with van der Waals surface area (Å²) in [5.74, 6) is -1.69. The number of rotatable bonds is 6. The summed E-state index contributed by atoms with van der Waals surface area (Å²) >= 11 is 1.46. The fourth-order valence-corrected chi connectivity index (χ4v) is 2.99. The summed E-state index contributed by atoms with van der Waals surface area (Å²) in [5, 5.41) is 4.42. The Morgan fingerprint density at radius 2 is 2.08 bits per heavy atom. The second-order valence-electron chi connectivity index (χ2n) is 5.25. The summed E-state index contributed by atoms with van der Waals surface area (Å²) in [7, 11) is 1.25. The zero-order chi connectivity index (χ0) is 18.5. The number of carbonyl (C=O) groups is 3. The van der Waals surface area contributed by atoms with Crippen LogP contribution in [0.4, 0.5) is 5.69 Å². The number of carbonyl (C=O) groups excluding carboxylic acids is 3. The molecule has 8 nitrogen and oxygen atoms in total. The number of methoxy groups -OCH3 is 1. The number of ether oxygens (including phenoxy) is 2. The number of anilines is 1. The van der Waals surface area contributed by atoms with E-state index in [1.165, 1.54) is 24.5 Å². The van der Waals surface area contributed by atoms with Crippen molar-refractivity contribution in [3.8, 4) is 0 Å². The first kappa shape index (κ1) is 17.6. The molecule has 2 heterocycles. The number of thiazole rings is 1. The Kier molecular flexibility index (Phi) is 5.28. The van der Waals surface area contributed by atoms with Crippen molar-refractivity contribution in [2.45, 2.75) is 6.42 Å². The van der Waals surface area contributed by atoms with Gasteiger partial charge in [0.25, 0.3) is 5.91 Å². The molecule has 0 aliphatic carbocycles. The molecular weight excluding hydrogens is 358 g/mol. The van der Waals surface area contributed by atoms with Gasteiger partial charge in [0.1, 0.15) is 0 Å². The molecule has 0 bridgehead atoms. The van der Waals surface area contributed by atoms with Gasteiger partial charge >= 0.3 is 11.9 Å². The Morgan fingerprint density at radius 1 is 1.27 bits per heavy atom. The Hall–Kier alpha value is -3.20. The van der Waals surface area contributed by atoms with Gasteiger partial charge in [-0.1, -0.05) is 12.1 Å². The van der Waals surface area contributed by atoms with Gasteiger partial charge in [0, 0.05) is 17.8 Å². The van der Waals surface area contributed by atoms with Crippen LogP contribution in [-0.2, 0) is 25.5 Å². The van der Waals surface area contributed by atoms with Crippen LogP contribution >= 0.6 is 11.3 Å². The maximum atomic E-state index is 12.0. The van der Waals surface area contributed by atoms with Gasteiger partial charge in [-0.3, -0.25) is 14.0 Å². The maximum absolute atomic E-state index is 12.0. The van der Waals surface area contributed by atoms with E-state index in [1.54, 1.807) is 24.4 Å². The normalized spacial score (nSPS) is 10.5. The highest BCUT2D eigenvalue weighted by Crippen LogP contribution is 2.16. The van der Waals surface area contributed by atoms with Crippen LogP contribution in [-0.4, -0.2) is 40.9 Å². The topological polar surface area (TPSA) is 99.0 Å². The minimum absolute atomic E-state index is 0.0274. The molecule has 134 valence electrons. The molecule has 0 aliphatic rings. The molecule has 0 unspecified atom stereocenters. The second kappa shape index (κ2) is 7.79. The van der Waals surface area contributed by atoms with Gasteiger partial charge in [-0.25, -0.2) is 9.78 Å². The van der Waals surface area contributed by atoms with Crippen LogP contribution < -0.4 is 5.32 Å². The third kappa shape index (κ3) is 4.06. The maximum Gasteiger partial charge on any atom is 0.339 e. The van der Waals surface area contributed by atoms with Crippen LogP contribution in [0, 0.1) is 0 Å². The molecule has 1 amide bonds. The van der Waals surface area contributed by atoms with E-state index in [0.29, 0.717) is 5.69 Å². The number of aromatic nitrogens is 2. The minimum Gasteiger partial charge on any atom is -0.465 e. The Balaban J connectivity index is 1.53. The smallest absolute Gasteiger partial charge is 0.339 e. The summed E-state index contributed by atoms with van der Waals surface area (Å²) in [6.07, 6.45) is 3.55. The lowest BCUT2D eigenvalue weighted by molar-refractivity contribution is -0.146. The van der Waals surface area contributed by atoms with Gasteiger partial charge in [-0.2, -0.15) is 0 Å². The highest BCUT2D eigenvalue weighted by Gasteiger charge is 2.15. The fraction of sp³-hybridized carbons (Fsp3) is 0.176. The highest BCUT2D eigenvalue weighted by molar-refractivity contribution is 7.15. The zero-order valence-corrected chi connectivity index (χ0v) is 14.6. The van der Waals surface area contributed by atoms with E-state index in [2.05, 4.69) is 15.0 Å². The van der Waals surface area contributed by atoms with Gasteiger partial charge in [-0.05, 0) is 12.1 Å². The first-order chi connectivity index (χ1) is 12.6. The average Bonchev–Trinajstić information content (AvgIpc) is 3.21. The summed E-state index contributed by atoms with van der Waals surface area (Å²) in [6.45, 7) is -0.462. The molecule has 26 heavy (non-hydrogen) atoms. The van der Waals surface area contributed by atoms with Crippen LogP contribution in [0.1, 0.15) is 16.1 Å². The van der Waals surface area contributed by atoms with Gasteiger partial charge in [0.2, 0.25) is 0 Å². The number of imidazole rings is 1. The van der Waals surface area contributed by atoms with Crippen molar-refractivity contribution in [2.24, 2.45) is 0 Å². The summed E-state index contributed by atoms with van der Waals surface area (Å²) < 4.78 is 11.4. The molecule has 9 heteroatoms. The molecule has 0 aliphatic heterocycles. The van der Waals surface area contributed by atoms with Crippen molar-refractivity contribution >= 4 is 39.8 Å². The van der Waals surface area contributed by atoms with Crippen molar-refractivity contribution in [3.63, 3.8) is 0 Å². The van der Waals surface area contributed by atoms with Crippen LogP contribution in [0.5, 0.6) is 0 Å². The Bertz CT molecular complexity index is 934. The van der Waals surface area contributed by atoms with E-state index in [0.717, 1.165) is 4.96 Å². The number of nitrogens with zero attached hydrogens (tertiary/aromatic N) is 2. The Labute approximate surface area is 152 Å². The Morgan fingerprint density at radius 3 is 2.85 bits per heavy atom.